The molecule has 2 rings (SSSR count). The number of rotatable bonds is 5. The Balaban J connectivity index is 2.15. The van der Waals surface area contributed by atoms with Crippen LogP contribution in [0.2, 0.25) is 0 Å². The second-order valence-corrected chi connectivity index (χ2v) is 5.73. The molecule has 0 saturated heterocycles. The van der Waals surface area contributed by atoms with E-state index in [0.717, 1.165) is 5.56 Å². The normalized spacial score (nSPS) is 12.4. The van der Waals surface area contributed by atoms with Gasteiger partial charge in [-0.25, -0.2) is 4.79 Å². The molecule has 0 aliphatic rings. The molecule has 0 saturated carbocycles. The zero-order chi connectivity index (χ0) is 14.5. The quantitative estimate of drug-likeness (QED) is 0.786. The summed E-state index contributed by atoms with van der Waals surface area (Å²) in [5, 5.41) is 2.09. The second-order valence-electron chi connectivity index (χ2n) is 4.76. The van der Waals surface area contributed by atoms with Crippen LogP contribution in [-0.4, -0.2) is 25.0 Å². The van der Waals surface area contributed by atoms with Crippen LogP contribution in [0.25, 0.3) is 0 Å². The zero-order valence-electron chi connectivity index (χ0n) is 12.0. The smallest absolute Gasteiger partial charge is 0.338 e. The lowest BCUT2D eigenvalue weighted by atomic mass is 10.1. The van der Waals surface area contributed by atoms with Gasteiger partial charge in [0.2, 0.25) is 0 Å². The molecule has 0 fully saturated rings. The van der Waals surface area contributed by atoms with Gasteiger partial charge in [-0.1, -0.05) is 24.3 Å². The van der Waals surface area contributed by atoms with Gasteiger partial charge in [0.15, 0.2) is 0 Å². The third-order valence-corrected chi connectivity index (χ3v) is 4.50. The highest BCUT2D eigenvalue weighted by Crippen LogP contribution is 2.25. The predicted molar refractivity (Wildman–Crippen MR) is 82.0 cm³/mol. The first kappa shape index (κ1) is 14.8. The summed E-state index contributed by atoms with van der Waals surface area (Å²) in [6.07, 6.45) is 0. The standard InChI is InChI=1S/C16H19NO2S/c1-12(15-9-6-10-20-15)17(2)11-13-7-4-5-8-14(13)16(18)19-3/h4-10,12H,11H2,1-3H3. The van der Waals surface area contributed by atoms with Gasteiger partial charge in [0.25, 0.3) is 0 Å². The molecule has 0 spiro atoms. The number of carbonyl (C=O) groups excluding carboxylic acids is 1. The van der Waals surface area contributed by atoms with Crippen molar-refractivity contribution in [3.63, 3.8) is 0 Å². The van der Waals surface area contributed by atoms with Crippen LogP contribution in [0.5, 0.6) is 0 Å². The molecule has 0 amide bonds. The summed E-state index contributed by atoms with van der Waals surface area (Å²) in [5.74, 6) is -0.280. The number of hydrogen-bond donors (Lipinski definition) is 0. The minimum atomic E-state index is -0.280. The van der Waals surface area contributed by atoms with Crippen LogP contribution in [0.4, 0.5) is 0 Å². The van der Waals surface area contributed by atoms with Gasteiger partial charge in [-0.05, 0) is 37.0 Å². The Morgan fingerprint density at radius 3 is 2.70 bits per heavy atom. The van der Waals surface area contributed by atoms with Gasteiger partial charge >= 0.3 is 5.97 Å². The molecule has 106 valence electrons. The first-order valence-corrected chi connectivity index (χ1v) is 7.41. The van der Waals surface area contributed by atoms with Crippen LogP contribution in [0.15, 0.2) is 41.8 Å². The minimum absolute atomic E-state index is 0.280. The molecule has 1 aromatic carbocycles. The zero-order valence-corrected chi connectivity index (χ0v) is 12.8. The van der Waals surface area contributed by atoms with Gasteiger partial charge in [-0.2, -0.15) is 0 Å². The van der Waals surface area contributed by atoms with E-state index in [4.69, 9.17) is 4.74 Å². The molecule has 0 aliphatic heterocycles. The number of carbonyl (C=O) groups is 1. The molecule has 0 N–H and O–H groups in total. The topological polar surface area (TPSA) is 29.5 Å². The van der Waals surface area contributed by atoms with Crippen LogP contribution >= 0.6 is 11.3 Å². The third kappa shape index (κ3) is 3.26. The van der Waals surface area contributed by atoms with E-state index >= 15 is 0 Å². The number of esters is 1. The van der Waals surface area contributed by atoms with Crippen LogP contribution in [0.3, 0.4) is 0 Å². The lowest BCUT2D eigenvalue weighted by Crippen LogP contribution is -2.22. The Morgan fingerprint density at radius 2 is 2.05 bits per heavy atom. The van der Waals surface area contributed by atoms with Gasteiger partial charge in [0, 0.05) is 17.5 Å². The van der Waals surface area contributed by atoms with E-state index in [1.54, 1.807) is 11.3 Å². The highest BCUT2D eigenvalue weighted by Gasteiger charge is 2.16. The number of ether oxygens (including phenoxy) is 1. The lowest BCUT2D eigenvalue weighted by molar-refractivity contribution is 0.0598. The minimum Gasteiger partial charge on any atom is -0.465 e. The van der Waals surface area contributed by atoms with Gasteiger partial charge in [-0.15, -0.1) is 11.3 Å². The molecular weight excluding hydrogens is 270 g/mol. The maximum Gasteiger partial charge on any atom is 0.338 e. The maximum absolute atomic E-state index is 11.8. The van der Waals surface area contributed by atoms with E-state index in [2.05, 4.69) is 36.4 Å². The fourth-order valence-electron chi connectivity index (χ4n) is 2.12. The average molecular weight is 289 g/mol. The Bertz CT molecular complexity index is 566. The Hall–Kier alpha value is -1.65. The molecule has 0 radical (unpaired) electrons. The van der Waals surface area contributed by atoms with Crippen molar-refractivity contribution in [3.8, 4) is 0 Å². The van der Waals surface area contributed by atoms with E-state index < -0.39 is 0 Å². The molecule has 4 heteroatoms. The Morgan fingerprint density at radius 1 is 1.30 bits per heavy atom. The summed E-state index contributed by atoms with van der Waals surface area (Å²) in [4.78, 5) is 15.3. The molecular formula is C16H19NO2S. The summed E-state index contributed by atoms with van der Waals surface area (Å²) in [6.45, 7) is 2.89. The van der Waals surface area contributed by atoms with Crippen LogP contribution < -0.4 is 0 Å². The van der Waals surface area contributed by atoms with E-state index in [0.29, 0.717) is 18.2 Å². The van der Waals surface area contributed by atoms with Crippen molar-refractivity contribution < 1.29 is 9.53 Å². The Kier molecular flexibility index (Phi) is 4.93. The highest BCUT2D eigenvalue weighted by molar-refractivity contribution is 7.10. The molecule has 1 atom stereocenters. The predicted octanol–water partition coefficient (Wildman–Crippen LogP) is 3.73. The number of nitrogens with zero attached hydrogens (tertiary/aromatic N) is 1. The Labute approximate surface area is 123 Å². The van der Waals surface area contributed by atoms with Crippen molar-refractivity contribution in [1.82, 2.24) is 4.90 Å². The van der Waals surface area contributed by atoms with Crippen molar-refractivity contribution in [2.75, 3.05) is 14.2 Å². The van der Waals surface area contributed by atoms with Crippen molar-refractivity contribution in [2.45, 2.75) is 19.5 Å². The molecule has 1 heterocycles. The fourth-order valence-corrected chi connectivity index (χ4v) is 2.97. The van der Waals surface area contributed by atoms with E-state index in [9.17, 15) is 4.79 Å². The lowest BCUT2D eigenvalue weighted by Gasteiger charge is -2.24. The number of hydrogen-bond acceptors (Lipinski definition) is 4. The SMILES string of the molecule is COC(=O)c1ccccc1CN(C)C(C)c1cccs1. The summed E-state index contributed by atoms with van der Waals surface area (Å²) >= 11 is 1.75. The monoisotopic (exact) mass is 289 g/mol. The first-order valence-electron chi connectivity index (χ1n) is 6.53. The molecule has 1 aromatic heterocycles. The number of benzene rings is 1. The number of methoxy groups -OCH3 is 1. The van der Waals surface area contributed by atoms with Crippen molar-refractivity contribution in [3.05, 3.63) is 57.8 Å². The summed E-state index contributed by atoms with van der Waals surface area (Å²) < 4.78 is 4.84. The summed E-state index contributed by atoms with van der Waals surface area (Å²) in [5.41, 5.74) is 1.63. The fraction of sp³-hybridized carbons (Fsp3) is 0.312. The summed E-state index contributed by atoms with van der Waals surface area (Å²) in [6, 6.07) is 12.1. The van der Waals surface area contributed by atoms with Crippen LogP contribution in [0, 0.1) is 0 Å². The van der Waals surface area contributed by atoms with E-state index in [1.165, 1.54) is 12.0 Å². The third-order valence-electron chi connectivity index (χ3n) is 3.46. The van der Waals surface area contributed by atoms with Gasteiger partial charge < -0.3 is 4.74 Å². The van der Waals surface area contributed by atoms with Gasteiger partial charge in [0.1, 0.15) is 0 Å². The molecule has 0 aliphatic carbocycles. The summed E-state index contributed by atoms with van der Waals surface area (Å²) in [7, 11) is 3.48. The largest absolute Gasteiger partial charge is 0.465 e. The van der Waals surface area contributed by atoms with E-state index in [1.807, 2.05) is 24.3 Å². The molecule has 3 nitrogen and oxygen atoms in total. The van der Waals surface area contributed by atoms with Crippen molar-refractivity contribution >= 4 is 17.3 Å². The van der Waals surface area contributed by atoms with Gasteiger partial charge in [0.05, 0.1) is 12.7 Å². The average Bonchev–Trinajstić information content (AvgIpc) is 3.00. The first-order chi connectivity index (χ1) is 9.63. The second kappa shape index (κ2) is 6.68. The molecule has 0 bridgehead atoms. The van der Waals surface area contributed by atoms with Gasteiger partial charge in [-0.3, -0.25) is 4.90 Å². The van der Waals surface area contributed by atoms with E-state index in [-0.39, 0.29) is 5.97 Å². The highest BCUT2D eigenvalue weighted by atomic mass is 32.1. The van der Waals surface area contributed by atoms with Crippen molar-refractivity contribution in [1.29, 1.82) is 0 Å². The van der Waals surface area contributed by atoms with Crippen LogP contribution in [0.1, 0.15) is 33.8 Å². The van der Waals surface area contributed by atoms with Crippen LogP contribution in [-0.2, 0) is 11.3 Å². The molecule has 20 heavy (non-hydrogen) atoms. The molecule has 1 unspecified atom stereocenters. The maximum atomic E-state index is 11.8. The van der Waals surface area contributed by atoms with Crippen molar-refractivity contribution in [2.24, 2.45) is 0 Å². The molecule has 2 aromatic rings. The number of thiophene rings is 1.